The minimum Gasteiger partial charge on any atom is -0.490 e. The Bertz CT molecular complexity index is 1130. The van der Waals surface area contributed by atoms with Gasteiger partial charge in [0.15, 0.2) is 11.5 Å². The predicted octanol–water partition coefficient (Wildman–Crippen LogP) is 4.33. The number of amides is 2. The van der Waals surface area contributed by atoms with Crippen LogP contribution in [0.25, 0.3) is 0 Å². The standard InChI is InChI=1S/C25H25N3O4/c1-3-31-22-8-6-19(15-23(22)32-4-2)24(29)27-20-7-5-17-11-14-28(21(17)16-20)25(30)18-9-12-26-13-10-18/h5-10,12-13,15-16H,3-4,11,14H2,1-2H3,(H,27,29). The third-order valence-electron chi connectivity index (χ3n) is 5.22. The van der Waals surface area contributed by atoms with Gasteiger partial charge in [0.2, 0.25) is 0 Å². The molecule has 7 heteroatoms. The second-order valence-corrected chi connectivity index (χ2v) is 7.27. The highest BCUT2D eigenvalue weighted by molar-refractivity contribution is 6.08. The normalized spacial score (nSPS) is 12.2. The fourth-order valence-corrected chi connectivity index (χ4v) is 3.71. The Morgan fingerprint density at radius 3 is 2.44 bits per heavy atom. The van der Waals surface area contributed by atoms with Crippen LogP contribution in [0.15, 0.2) is 60.9 Å². The fraction of sp³-hybridized carbons (Fsp3) is 0.240. The number of carbonyl (C=O) groups excluding carboxylic acids is 2. The number of ether oxygens (including phenoxy) is 2. The molecule has 0 spiro atoms. The number of anilines is 2. The van der Waals surface area contributed by atoms with E-state index in [1.165, 1.54) is 0 Å². The van der Waals surface area contributed by atoms with E-state index in [4.69, 9.17) is 9.47 Å². The lowest BCUT2D eigenvalue weighted by atomic mass is 10.1. The molecule has 0 unspecified atom stereocenters. The lowest BCUT2D eigenvalue weighted by molar-refractivity contribution is 0.0988. The number of hydrogen-bond acceptors (Lipinski definition) is 5. The number of nitrogens with zero attached hydrogens (tertiary/aromatic N) is 2. The zero-order valence-electron chi connectivity index (χ0n) is 18.1. The van der Waals surface area contributed by atoms with E-state index in [9.17, 15) is 9.59 Å². The molecule has 0 radical (unpaired) electrons. The van der Waals surface area contributed by atoms with Crippen molar-refractivity contribution in [1.29, 1.82) is 0 Å². The zero-order chi connectivity index (χ0) is 22.5. The van der Waals surface area contributed by atoms with Crippen LogP contribution >= 0.6 is 0 Å². The SMILES string of the molecule is CCOc1ccc(C(=O)Nc2ccc3c(c2)N(C(=O)c2ccncc2)CC3)cc1OCC. The van der Waals surface area contributed by atoms with Gasteiger partial charge in [0.05, 0.1) is 13.2 Å². The van der Waals surface area contributed by atoms with Crippen molar-refractivity contribution < 1.29 is 19.1 Å². The van der Waals surface area contributed by atoms with Crippen molar-refractivity contribution in [2.45, 2.75) is 20.3 Å². The van der Waals surface area contributed by atoms with E-state index < -0.39 is 0 Å². The van der Waals surface area contributed by atoms with Crippen LogP contribution in [0, 0.1) is 0 Å². The van der Waals surface area contributed by atoms with E-state index in [-0.39, 0.29) is 11.8 Å². The summed E-state index contributed by atoms with van der Waals surface area (Å²) in [6.45, 7) is 5.36. The van der Waals surface area contributed by atoms with E-state index in [0.29, 0.717) is 48.1 Å². The maximum atomic E-state index is 12.9. The van der Waals surface area contributed by atoms with Gasteiger partial charge >= 0.3 is 0 Å². The third kappa shape index (κ3) is 4.42. The van der Waals surface area contributed by atoms with E-state index in [0.717, 1.165) is 17.7 Å². The molecule has 2 amide bonds. The second-order valence-electron chi connectivity index (χ2n) is 7.27. The summed E-state index contributed by atoms with van der Waals surface area (Å²) < 4.78 is 11.2. The minimum atomic E-state index is -0.265. The molecule has 1 aliphatic rings. The van der Waals surface area contributed by atoms with Crippen LogP contribution in [-0.4, -0.2) is 36.6 Å². The van der Waals surface area contributed by atoms with Crippen molar-refractivity contribution in [1.82, 2.24) is 4.98 Å². The number of rotatable bonds is 7. The van der Waals surface area contributed by atoms with Crippen molar-refractivity contribution in [3.05, 3.63) is 77.6 Å². The van der Waals surface area contributed by atoms with Gasteiger partial charge in [0.1, 0.15) is 0 Å². The molecule has 1 aromatic heterocycles. The van der Waals surface area contributed by atoms with Crippen LogP contribution in [0.4, 0.5) is 11.4 Å². The highest BCUT2D eigenvalue weighted by Gasteiger charge is 2.26. The number of nitrogens with one attached hydrogen (secondary N) is 1. The van der Waals surface area contributed by atoms with E-state index in [1.54, 1.807) is 47.6 Å². The van der Waals surface area contributed by atoms with Crippen LogP contribution in [0.5, 0.6) is 11.5 Å². The third-order valence-corrected chi connectivity index (χ3v) is 5.22. The van der Waals surface area contributed by atoms with Crippen molar-refractivity contribution in [3.8, 4) is 11.5 Å². The Balaban J connectivity index is 1.54. The molecular formula is C25H25N3O4. The summed E-state index contributed by atoms with van der Waals surface area (Å²) >= 11 is 0. The highest BCUT2D eigenvalue weighted by Crippen LogP contribution is 2.33. The maximum absolute atomic E-state index is 12.9. The summed E-state index contributed by atoms with van der Waals surface area (Å²) in [5.41, 5.74) is 3.55. The summed E-state index contributed by atoms with van der Waals surface area (Å²) in [5.74, 6) is 0.792. The number of pyridine rings is 1. The van der Waals surface area contributed by atoms with Crippen LogP contribution in [0.1, 0.15) is 40.1 Å². The van der Waals surface area contributed by atoms with Gasteiger partial charge in [-0.25, -0.2) is 0 Å². The van der Waals surface area contributed by atoms with Crippen LogP contribution in [-0.2, 0) is 6.42 Å². The molecule has 1 N–H and O–H groups in total. The fourth-order valence-electron chi connectivity index (χ4n) is 3.71. The molecule has 0 fully saturated rings. The van der Waals surface area contributed by atoms with Crippen molar-refractivity contribution in [2.24, 2.45) is 0 Å². The van der Waals surface area contributed by atoms with E-state index >= 15 is 0 Å². The summed E-state index contributed by atoms with van der Waals surface area (Å²) in [4.78, 5) is 31.5. The van der Waals surface area contributed by atoms with Crippen molar-refractivity contribution in [2.75, 3.05) is 30.0 Å². The average molecular weight is 431 g/mol. The number of hydrogen-bond donors (Lipinski definition) is 1. The molecular weight excluding hydrogens is 406 g/mol. The van der Waals surface area contributed by atoms with Gasteiger partial charge in [-0.1, -0.05) is 6.07 Å². The van der Waals surface area contributed by atoms with Gasteiger partial charge < -0.3 is 19.7 Å². The largest absolute Gasteiger partial charge is 0.490 e. The Kier molecular flexibility index (Phi) is 6.35. The molecule has 0 atom stereocenters. The lowest BCUT2D eigenvalue weighted by Gasteiger charge is -2.18. The molecule has 7 nitrogen and oxygen atoms in total. The first-order valence-electron chi connectivity index (χ1n) is 10.7. The highest BCUT2D eigenvalue weighted by atomic mass is 16.5. The zero-order valence-corrected chi connectivity index (χ0v) is 18.1. The first-order valence-corrected chi connectivity index (χ1v) is 10.7. The average Bonchev–Trinajstić information content (AvgIpc) is 3.24. The molecule has 2 aromatic carbocycles. The lowest BCUT2D eigenvalue weighted by Crippen LogP contribution is -2.28. The summed E-state index contributed by atoms with van der Waals surface area (Å²) in [6.07, 6.45) is 3.99. The van der Waals surface area contributed by atoms with Crippen LogP contribution in [0.3, 0.4) is 0 Å². The molecule has 32 heavy (non-hydrogen) atoms. The van der Waals surface area contributed by atoms with Gasteiger partial charge in [0.25, 0.3) is 11.8 Å². The molecule has 0 saturated carbocycles. The Morgan fingerprint density at radius 1 is 0.938 bits per heavy atom. The van der Waals surface area contributed by atoms with Gasteiger partial charge in [-0.15, -0.1) is 0 Å². The maximum Gasteiger partial charge on any atom is 0.258 e. The Labute approximate surface area is 187 Å². The Morgan fingerprint density at radius 2 is 1.69 bits per heavy atom. The van der Waals surface area contributed by atoms with Gasteiger partial charge in [0, 0.05) is 41.4 Å². The van der Waals surface area contributed by atoms with E-state index in [1.807, 2.05) is 32.0 Å². The van der Waals surface area contributed by atoms with Gasteiger partial charge in [-0.3, -0.25) is 14.6 Å². The number of carbonyl (C=O) groups is 2. The molecule has 1 aliphatic heterocycles. The Hall–Kier alpha value is -3.87. The van der Waals surface area contributed by atoms with Crippen molar-refractivity contribution >= 4 is 23.2 Å². The second kappa shape index (κ2) is 9.51. The summed E-state index contributed by atoms with van der Waals surface area (Å²) in [6, 6.07) is 14.2. The summed E-state index contributed by atoms with van der Waals surface area (Å²) in [5, 5.41) is 2.92. The summed E-state index contributed by atoms with van der Waals surface area (Å²) in [7, 11) is 0. The molecule has 0 aliphatic carbocycles. The molecule has 0 saturated heterocycles. The smallest absolute Gasteiger partial charge is 0.258 e. The minimum absolute atomic E-state index is 0.0810. The van der Waals surface area contributed by atoms with Crippen LogP contribution in [0.2, 0.25) is 0 Å². The topological polar surface area (TPSA) is 80.8 Å². The predicted molar refractivity (Wildman–Crippen MR) is 123 cm³/mol. The quantitative estimate of drug-likeness (QED) is 0.602. The number of aromatic nitrogens is 1. The number of benzene rings is 2. The molecule has 0 bridgehead atoms. The molecule has 2 heterocycles. The first kappa shape index (κ1) is 21.4. The van der Waals surface area contributed by atoms with Gasteiger partial charge in [-0.2, -0.15) is 0 Å². The monoisotopic (exact) mass is 431 g/mol. The molecule has 3 aromatic rings. The molecule has 4 rings (SSSR count). The van der Waals surface area contributed by atoms with E-state index in [2.05, 4.69) is 10.3 Å². The van der Waals surface area contributed by atoms with Gasteiger partial charge in [-0.05, 0) is 68.3 Å². The van der Waals surface area contributed by atoms with Crippen molar-refractivity contribution in [3.63, 3.8) is 0 Å². The first-order chi connectivity index (χ1) is 15.6. The van der Waals surface area contributed by atoms with Crippen LogP contribution < -0.4 is 19.7 Å². The molecule has 164 valence electrons. The number of fused-ring (bicyclic) bond motifs is 1.